The van der Waals surface area contributed by atoms with Gasteiger partial charge in [0.2, 0.25) is 0 Å². The van der Waals surface area contributed by atoms with Gasteiger partial charge < -0.3 is 0 Å². The summed E-state index contributed by atoms with van der Waals surface area (Å²) >= 11 is 0. The molecule has 0 aliphatic carbocycles. The Kier molecular flexibility index (Phi) is 5.76. The van der Waals surface area contributed by atoms with Gasteiger partial charge in [0.25, 0.3) is 0 Å². The second kappa shape index (κ2) is 7.57. The van der Waals surface area contributed by atoms with Crippen LogP contribution in [0.1, 0.15) is 0 Å². The van der Waals surface area contributed by atoms with Crippen molar-refractivity contribution in [1.82, 2.24) is 0 Å². The van der Waals surface area contributed by atoms with E-state index in [-0.39, 0.29) is 32.7 Å². The molecule has 0 aliphatic rings. The minimum Gasteiger partial charge on any atom is -0.147 e. The first kappa shape index (κ1) is 15.2. The van der Waals surface area contributed by atoms with Crippen LogP contribution >= 0.6 is 0 Å². The molecule has 0 amide bonds. The predicted octanol–water partition coefficient (Wildman–Crippen LogP) is 2.81. The monoisotopic (exact) mass is 329 g/mol. The maximum Gasteiger partial charge on any atom is 0.179 e. The molecule has 0 fully saturated rings. The number of hydrogen-bond acceptors (Lipinski definition) is 0. The Balaban J connectivity index is 0.00000147. The Morgan fingerprint density at radius 3 is 2.15 bits per heavy atom. The van der Waals surface area contributed by atoms with E-state index in [1.165, 1.54) is 16.5 Å². The van der Waals surface area contributed by atoms with Crippen LogP contribution in [0.4, 0.5) is 0 Å². The molecule has 0 unspecified atom stereocenters. The van der Waals surface area contributed by atoms with Crippen molar-refractivity contribution < 1.29 is 32.7 Å². The quantitative estimate of drug-likeness (QED) is 0.512. The molecule has 0 N–H and O–H groups in total. The molecule has 2 radical (unpaired) electrons. The van der Waals surface area contributed by atoms with Gasteiger partial charge in [0, 0.05) is 32.7 Å². The van der Waals surface area contributed by atoms with Crippen LogP contribution in [0.5, 0.6) is 0 Å². The van der Waals surface area contributed by atoms with Crippen molar-refractivity contribution in [2.45, 2.75) is 0 Å². The zero-order valence-corrected chi connectivity index (χ0v) is 14.0. The Hall–Kier alpha value is -1.17. The standard InChI is InChI=1S/C18H13B.Y/c1-3-9-15(10-4-1)17-13-7-8-14-18(17)19-16-11-5-2-6-12-16;/h1-9,11-14H;/q-1;. The summed E-state index contributed by atoms with van der Waals surface area (Å²) in [4.78, 5) is 0. The molecule has 92 valence electrons. The fraction of sp³-hybridized carbons (Fsp3) is 0. The van der Waals surface area contributed by atoms with Crippen LogP contribution in [0.3, 0.4) is 0 Å². The molecule has 2 heteroatoms. The van der Waals surface area contributed by atoms with Crippen LogP contribution in [0.15, 0.2) is 78.9 Å². The van der Waals surface area contributed by atoms with Gasteiger partial charge in [-0.3, -0.25) is 0 Å². The van der Waals surface area contributed by atoms with Crippen LogP contribution < -0.4 is 10.9 Å². The fourth-order valence-electron chi connectivity index (χ4n) is 2.16. The summed E-state index contributed by atoms with van der Waals surface area (Å²) < 4.78 is 0. The molecule has 0 heterocycles. The minimum atomic E-state index is 0. The maximum atomic E-state index is 3.29. The molecule has 0 saturated heterocycles. The predicted molar refractivity (Wildman–Crippen MR) is 82.2 cm³/mol. The van der Waals surface area contributed by atoms with Gasteiger partial charge in [-0.1, -0.05) is 60.1 Å². The van der Waals surface area contributed by atoms with Crippen molar-refractivity contribution in [3.63, 3.8) is 0 Å². The molecular formula is C18H13BY-. The Morgan fingerprint density at radius 1 is 0.700 bits per heavy atom. The van der Waals surface area contributed by atoms with Crippen molar-refractivity contribution in [3.8, 4) is 11.1 Å². The van der Waals surface area contributed by atoms with Gasteiger partial charge in [-0.2, -0.15) is 0 Å². The third-order valence-corrected chi connectivity index (χ3v) is 3.08. The molecule has 3 aromatic rings. The van der Waals surface area contributed by atoms with E-state index in [1.807, 2.05) is 24.3 Å². The van der Waals surface area contributed by atoms with Crippen molar-refractivity contribution in [2.24, 2.45) is 0 Å². The summed E-state index contributed by atoms with van der Waals surface area (Å²) in [5.41, 5.74) is 4.78. The smallest absolute Gasteiger partial charge is 0.147 e. The Labute approximate surface area is 146 Å². The third kappa shape index (κ3) is 3.68. The Bertz CT molecular complexity index is 651. The van der Waals surface area contributed by atoms with E-state index in [1.54, 1.807) is 0 Å². The molecule has 0 nitrogen and oxygen atoms in total. The molecule has 20 heavy (non-hydrogen) atoms. The zero-order valence-electron chi connectivity index (χ0n) is 11.2. The van der Waals surface area contributed by atoms with E-state index in [0.29, 0.717) is 0 Å². The first-order valence-corrected chi connectivity index (χ1v) is 6.39. The van der Waals surface area contributed by atoms with E-state index >= 15 is 0 Å². The number of benzene rings is 3. The second-order valence-electron chi connectivity index (χ2n) is 4.42. The second-order valence-corrected chi connectivity index (χ2v) is 4.42. The van der Waals surface area contributed by atoms with Gasteiger partial charge in [0.05, 0.1) is 0 Å². The number of rotatable bonds is 3. The summed E-state index contributed by atoms with van der Waals surface area (Å²) in [6.45, 7) is 0. The molecule has 3 rings (SSSR count). The van der Waals surface area contributed by atoms with Gasteiger partial charge in [0.15, 0.2) is 7.28 Å². The van der Waals surface area contributed by atoms with E-state index in [0.717, 1.165) is 5.56 Å². The normalized spacial score (nSPS) is 9.60. The maximum absolute atomic E-state index is 3.29. The van der Waals surface area contributed by atoms with Gasteiger partial charge >= 0.3 is 0 Å². The third-order valence-electron chi connectivity index (χ3n) is 3.08. The van der Waals surface area contributed by atoms with Crippen LogP contribution in [0.2, 0.25) is 0 Å². The summed E-state index contributed by atoms with van der Waals surface area (Å²) in [7, 11) is 2.20. The molecule has 0 aromatic heterocycles. The van der Waals surface area contributed by atoms with E-state index < -0.39 is 0 Å². The van der Waals surface area contributed by atoms with Crippen LogP contribution in [0, 0.1) is 6.07 Å². The van der Waals surface area contributed by atoms with E-state index in [9.17, 15) is 0 Å². The van der Waals surface area contributed by atoms with Crippen molar-refractivity contribution in [2.75, 3.05) is 0 Å². The summed E-state index contributed by atoms with van der Waals surface area (Å²) in [6.07, 6.45) is 0. The van der Waals surface area contributed by atoms with Gasteiger partial charge in [-0.15, -0.1) is 46.9 Å². The largest absolute Gasteiger partial charge is 0.179 e. The average molecular weight is 329 g/mol. The van der Waals surface area contributed by atoms with Crippen LogP contribution in [-0.4, -0.2) is 7.28 Å². The fourth-order valence-corrected chi connectivity index (χ4v) is 2.16. The average Bonchev–Trinajstić information content (AvgIpc) is 2.50. The SMILES string of the molecule is [B](c1ccccc1)c1ccccc1-c1[c-]cccc1.[Y]. The van der Waals surface area contributed by atoms with Crippen LogP contribution in [-0.2, 0) is 32.7 Å². The van der Waals surface area contributed by atoms with Crippen molar-refractivity contribution >= 4 is 18.2 Å². The first-order valence-electron chi connectivity index (χ1n) is 6.39. The van der Waals surface area contributed by atoms with Gasteiger partial charge in [-0.25, -0.2) is 0 Å². The van der Waals surface area contributed by atoms with Crippen molar-refractivity contribution in [1.29, 1.82) is 0 Å². The number of hydrogen-bond donors (Lipinski definition) is 0. The van der Waals surface area contributed by atoms with Gasteiger partial charge in [0.1, 0.15) is 0 Å². The summed E-state index contributed by atoms with van der Waals surface area (Å²) in [5, 5.41) is 0. The molecular weight excluding hydrogens is 316 g/mol. The topological polar surface area (TPSA) is 0 Å². The van der Waals surface area contributed by atoms with Crippen molar-refractivity contribution in [3.05, 3.63) is 84.9 Å². The van der Waals surface area contributed by atoms with E-state index in [4.69, 9.17) is 0 Å². The van der Waals surface area contributed by atoms with Crippen LogP contribution in [0.25, 0.3) is 11.1 Å². The molecule has 0 atom stereocenters. The molecule has 0 saturated carbocycles. The summed E-state index contributed by atoms with van der Waals surface area (Å²) in [6, 6.07) is 30.2. The first-order chi connectivity index (χ1) is 9.43. The van der Waals surface area contributed by atoms with E-state index in [2.05, 4.69) is 67.9 Å². The Morgan fingerprint density at radius 2 is 1.40 bits per heavy atom. The molecule has 3 aromatic carbocycles. The zero-order chi connectivity index (χ0) is 12.9. The minimum absolute atomic E-state index is 0. The molecule has 0 spiro atoms. The summed E-state index contributed by atoms with van der Waals surface area (Å²) in [5.74, 6) is 0. The molecule has 0 bridgehead atoms. The molecule has 0 aliphatic heterocycles. The van der Waals surface area contributed by atoms with Gasteiger partial charge in [-0.05, 0) is 0 Å².